The monoisotopic (exact) mass is 285 g/mol. The number of aromatic nitrogens is 2. The highest BCUT2D eigenvalue weighted by atomic mass is 15.3. The molecule has 0 aliphatic carbocycles. The van der Waals surface area contributed by atoms with E-state index in [1.54, 1.807) is 0 Å². The van der Waals surface area contributed by atoms with Gasteiger partial charge in [-0.25, -0.2) is 0 Å². The van der Waals surface area contributed by atoms with E-state index in [1.165, 1.54) is 11.1 Å². The van der Waals surface area contributed by atoms with Gasteiger partial charge < -0.3 is 5.32 Å². The predicted molar refractivity (Wildman–Crippen MR) is 88.5 cm³/mol. The minimum atomic E-state index is 0.446. The fraction of sp³-hybridized carbons (Fsp3) is 0.500. The van der Waals surface area contributed by atoms with Gasteiger partial charge in [0.05, 0.1) is 6.20 Å². The van der Waals surface area contributed by atoms with Crippen LogP contribution in [0.5, 0.6) is 0 Å². The van der Waals surface area contributed by atoms with Crippen LogP contribution in [0.4, 0.5) is 0 Å². The van der Waals surface area contributed by atoms with Crippen molar-refractivity contribution in [1.29, 1.82) is 0 Å². The minimum Gasteiger partial charge on any atom is -0.313 e. The Bertz CT molecular complexity index is 518. The Morgan fingerprint density at radius 3 is 2.57 bits per heavy atom. The van der Waals surface area contributed by atoms with Gasteiger partial charge in [-0.2, -0.15) is 5.10 Å². The minimum absolute atomic E-state index is 0.446. The standard InChI is InChI=1S/C18H27N3/c1-4-11-19-18(12-16-13-20-21(5-2)14-16)15(3)17-9-7-6-8-10-17/h6-10,13-15,18-19H,4-5,11-12H2,1-3H3. The lowest BCUT2D eigenvalue weighted by Crippen LogP contribution is -2.36. The summed E-state index contributed by atoms with van der Waals surface area (Å²) in [6.07, 6.45) is 6.35. The first kappa shape index (κ1) is 15.8. The Balaban J connectivity index is 2.09. The maximum Gasteiger partial charge on any atom is 0.0522 e. The molecule has 2 aromatic rings. The van der Waals surface area contributed by atoms with Gasteiger partial charge in [-0.3, -0.25) is 4.68 Å². The van der Waals surface area contributed by atoms with E-state index in [9.17, 15) is 0 Å². The summed E-state index contributed by atoms with van der Waals surface area (Å²) in [6.45, 7) is 8.64. The van der Waals surface area contributed by atoms with Crippen molar-refractivity contribution in [3.05, 3.63) is 53.9 Å². The molecule has 114 valence electrons. The molecule has 1 aromatic carbocycles. The normalized spacial score (nSPS) is 14.0. The highest BCUT2D eigenvalue weighted by molar-refractivity contribution is 5.22. The summed E-state index contributed by atoms with van der Waals surface area (Å²) in [7, 11) is 0. The molecule has 0 amide bonds. The molecule has 0 spiro atoms. The Kier molecular flexibility index (Phi) is 6.00. The van der Waals surface area contributed by atoms with Gasteiger partial charge in [0.1, 0.15) is 0 Å². The van der Waals surface area contributed by atoms with E-state index in [0.29, 0.717) is 12.0 Å². The van der Waals surface area contributed by atoms with Crippen molar-refractivity contribution >= 4 is 0 Å². The van der Waals surface area contributed by atoms with Crippen LogP contribution in [0.25, 0.3) is 0 Å². The second kappa shape index (κ2) is 7.99. The molecule has 1 N–H and O–H groups in total. The summed E-state index contributed by atoms with van der Waals surface area (Å²) >= 11 is 0. The Morgan fingerprint density at radius 1 is 1.19 bits per heavy atom. The number of nitrogens with one attached hydrogen (secondary N) is 1. The molecule has 0 aliphatic heterocycles. The van der Waals surface area contributed by atoms with E-state index in [0.717, 1.165) is 25.9 Å². The number of rotatable bonds is 8. The number of benzene rings is 1. The maximum atomic E-state index is 4.39. The molecule has 0 bridgehead atoms. The van der Waals surface area contributed by atoms with Gasteiger partial charge >= 0.3 is 0 Å². The van der Waals surface area contributed by atoms with Crippen molar-refractivity contribution in [2.24, 2.45) is 0 Å². The largest absolute Gasteiger partial charge is 0.313 e. The molecule has 2 atom stereocenters. The molecule has 3 nitrogen and oxygen atoms in total. The Hall–Kier alpha value is -1.61. The third-order valence-corrected chi connectivity index (χ3v) is 4.05. The Morgan fingerprint density at radius 2 is 1.95 bits per heavy atom. The van der Waals surface area contributed by atoms with E-state index >= 15 is 0 Å². The smallest absolute Gasteiger partial charge is 0.0522 e. The summed E-state index contributed by atoms with van der Waals surface area (Å²) in [6, 6.07) is 11.2. The molecule has 0 saturated heterocycles. The van der Waals surface area contributed by atoms with Crippen molar-refractivity contribution in [3.63, 3.8) is 0 Å². The molecular formula is C18H27N3. The predicted octanol–water partition coefficient (Wildman–Crippen LogP) is 3.62. The van der Waals surface area contributed by atoms with Gasteiger partial charge in [-0.05, 0) is 43.4 Å². The SMILES string of the molecule is CCCNC(Cc1cnn(CC)c1)C(C)c1ccccc1. The summed E-state index contributed by atoms with van der Waals surface area (Å²) in [4.78, 5) is 0. The van der Waals surface area contributed by atoms with Crippen LogP contribution in [-0.2, 0) is 13.0 Å². The van der Waals surface area contributed by atoms with E-state index in [-0.39, 0.29) is 0 Å². The van der Waals surface area contributed by atoms with Crippen LogP contribution in [0.2, 0.25) is 0 Å². The number of hydrogen-bond donors (Lipinski definition) is 1. The van der Waals surface area contributed by atoms with Crippen LogP contribution in [-0.4, -0.2) is 22.4 Å². The first-order chi connectivity index (χ1) is 10.2. The fourth-order valence-electron chi connectivity index (χ4n) is 2.68. The van der Waals surface area contributed by atoms with Gasteiger partial charge in [0, 0.05) is 18.8 Å². The molecule has 1 aromatic heterocycles. The zero-order chi connectivity index (χ0) is 15.1. The lowest BCUT2D eigenvalue weighted by molar-refractivity contribution is 0.447. The maximum absolute atomic E-state index is 4.39. The molecule has 0 fully saturated rings. The molecule has 21 heavy (non-hydrogen) atoms. The lowest BCUT2D eigenvalue weighted by atomic mass is 9.89. The zero-order valence-electron chi connectivity index (χ0n) is 13.4. The second-order valence-electron chi connectivity index (χ2n) is 5.67. The van der Waals surface area contributed by atoms with Crippen molar-refractivity contribution < 1.29 is 0 Å². The van der Waals surface area contributed by atoms with Crippen LogP contribution in [0.3, 0.4) is 0 Å². The average Bonchev–Trinajstić information content (AvgIpc) is 2.99. The zero-order valence-corrected chi connectivity index (χ0v) is 13.4. The fourth-order valence-corrected chi connectivity index (χ4v) is 2.68. The summed E-state index contributed by atoms with van der Waals surface area (Å²) < 4.78 is 2.00. The average molecular weight is 285 g/mol. The lowest BCUT2D eigenvalue weighted by Gasteiger charge is -2.25. The number of hydrogen-bond acceptors (Lipinski definition) is 2. The van der Waals surface area contributed by atoms with Gasteiger partial charge in [-0.1, -0.05) is 44.2 Å². The van der Waals surface area contributed by atoms with Crippen molar-refractivity contribution in [3.8, 4) is 0 Å². The summed E-state index contributed by atoms with van der Waals surface area (Å²) in [5.41, 5.74) is 2.71. The second-order valence-corrected chi connectivity index (χ2v) is 5.67. The van der Waals surface area contributed by atoms with Crippen LogP contribution in [0.15, 0.2) is 42.7 Å². The van der Waals surface area contributed by atoms with Crippen LogP contribution < -0.4 is 5.32 Å². The van der Waals surface area contributed by atoms with Gasteiger partial charge in [0.15, 0.2) is 0 Å². The third kappa shape index (κ3) is 4.43. The molecule has 2 unspecified atom stereocenters. The summed E-state index contributed by atoms with van der Waals surface area (Å²) in [5.74, 6) is 0.489. The van der Waals surface area contributed by atoms with Crippen molar-refractivity contribution in [2.45, 2.75) is 52.1 Å². The molecule has 1 heterocycles. The number of nitrogens with zero attached hydrogens (tertiary/aromatic N) is 2. The van der Waals surface area contributed by atoms with E-state index in [2.05, 4.69) is 67.7 Å². The highest BCUT2D eigenvalue weighted by Gasteiger charge is 2.19. The molecular weight excluding hydrogens is 258 g/mol. The summed E-state index contributed by atoms with van der Waals surface area (Å²) in [5, 5.41) is 8.10. The molecule has 0 aliphatic rings. The van der Waals surface area contributed by atoms with Crippen LogP contribution in [0.1, 0.15) is 44.2 Å². The third-order valence-electron chi connectivity index (χ3n) is 4.05. The first-order valence-electron chi connectivity index (χ1n) is 8.04. The molecule has 3 heteroatoms. The first-order valence-corrected chi connectivity index (χ1v) is 8.04. The molecule has 2 rings (SSSR count). The Labute approximate surface area is 128 Å². The van der Waals surface area contributed by atoms with Crippen LogP contribution >= 0.6 is 0 Å². The quantitative estimate of drug-likeness (QED) is 0.803. The van der Waals surface area contributed by atoms with Gasteiger partial charge in [0.2, 0.25) is 0 Å². The van der Waals surface area contributed by atoms with Crippen LogP contribution in [0, 0.1) is 0 Å². The van der Waals surface area contributed by atoms with Gasteiger partial charge in [-0.15, -0.1) is 0 Å². The topological polar surface area (TPSA) is 29.9 Å². The van der Waals surface area contributed by atoms with Crippen molar-refractivity contribution in [2.75, 3.05) is 6.54 Å². The van der Waals surface area contributed by atoms with E-state index in [1.807, 2.05) is 10.9 Å². The van der Waals surface area contributed by atoms with Crippen molar-refractivity contribution in [1.82, 2.24) is 15.1 Å². The van der Waals surface area contributed by atoms with Gasteiger partial charge in [0.25, 0.3) is 0 Å². The highest BCUT2D eigenvalue weighted by Crippen LogP contribution is 2.21. The number of aryl methyl sites for hydroxylation is 1. The molecule has 0 radical (unpaired) electrons. The molecule has 0 saturated carbocycles. The van der Waals surface area contributed by atoms with E-state index < -0.39 is 0 Å². The van der Waals surface area contributed by atoms with E-state index in [4.69, 9.17) is 0 Å².